The molecule has 0 amide bonds. The van der Waals surface area contributed by atoms with Crippen molar-refractivity contribution in [2.75, 3.05) is 30.4 Å². The van der Waals surface area contributed by atoms with Gasteiger partial charge in [0.15, 0.2) is 0 Å². The molecule has 0 spiro atoms. The Labute approximate surface area is 270 Å². The molecule has 2 fully saturated rings. The summed E-state index contributed by atoms with van der Waals surface area (Å²) in [6.07, 6.45) is 14.2. The molecule has 0 radical (unpaired) electrons. The number of halogens is 2. The first-order valence-electron chi connectivity index (χ1n) is 15.1. The van der Waals surface area contributed by atoms with Crippen LogP contribution in [-0.2, 0) is 6.54 Å². The summed E-state index contributed by atoms with van der Waals surface area (Å²) in [5.41, 5.74) is 13.6. The van der Waals surface area contributed by atoms with Crippen LogP contribution in [0.4, 0.5) is 17.3 Å². The van der Waals surface area contributed by atoms with E-state index in [0.717, 1.165) is 75.5 Å². The number of allylic oxidation sites excluding steroid dienone is 2. The molecule has 0 unspecified atom stereocenters. The number of likely N-dealkylation sites (N-methyl/N-ethyl adjacent to an activating group) is 1. The fourth-order valence-electron chi connectivity index (χ4n) is 5.86. The van der Waals surface area contributed by atoms with E-state index in [0.29, 0.717) is 28.2 Å². The van der Waals surface area contributed by atoms with Gasteiger partial charge in [0.05, 0.1) is 23.5 Å². The van der Waals surface area contributed by atoms with Crippen LogP contribution in [0.1, 0.15) is 48.8 Å². The standard InChI is InChI=1S/C35H39Cl2N7/c1-21(40-31-17-33(39-18-30(31)37)43-13-7-6-8-14-43)19-44-20-28(26-15-27(23(3)38)22(2)29(36)16-26)34-24(4)42(5)32(41-35(34)44)12-11-25-9-10-25/h11-12,15-18,20,25H,1,3-4,6-10,13-14,19,38H2,2,5H3,(H,39,40)/b12-11+. The number of nitrogens with zero attached hydrogens (tertiary/aromatic N) is 5. The number of pyridine rings is 1. The van der Waals surface area contributed by atoms with Crippen molar-refractivity contribution < 1.29 is 0 Å². The van der Waals surface area contributed by atoms with E-state index in [1.54, 1.807) is 6.20 Å². The number of nitrogens with one attached hydrogen (secondary N) is 1. The van der Waals surface area contributed by atoms with E-state index in [2.05, 4.69) is 57.9 Å². The first-order valence-corrected chi connectivity index (χ1v) is 15.9. The van der Waals surface area contributed by atoms with Gasteiger partial charge in [0, 0.05) is 71.2 Å². The summed E-state index contributed by atoms with van der Waals surface area (Å²) in [7, 11) is 2.00. The number of hydrogen-bond acceptors (Lipinski definition) is 6. The molecule has 1 aromatic carbocycles. The maximum Gasteiger partial charge on any atom is 0.145 e. The second-order valence-electron chi connectivity index (χ2n) is 12.0. The number of anilines is 2. The van der Waals surface area contributed by atoms with Crippen LogP contribution >= 0.6 is 23.2 Å². The summed E-state index contributed by atoms with van der Waals surface area (Å²) in [5.74, 6) is 3.21. The molecule has 3 aromatic rings. The lowest BCUT2D eigenvalue weighted by atomic mass is 9.96. The number of fused-ring (bicyclic) bond motifs is 1. The second-order valence-corrected chi connectivity index (χ2v) is 12.8. The molecule has 4 heterocycles. The van der Waals surface area contributed by atoms with Gasteiger partial charge in [-0.2, -0.15) is 0 Å². The maximum atomic E-state index is 6.71. The normalized spacial score (nSPS) is 16.7. The zero-order valence-electron chi connectivity index (χ0n) is 25.5. The predicted octanol–water partition coefficient (Wildman–Crippen LogP) is 8.62. The van der Waals surface area contributed by atoms with Crippen molar-refractivity contribution in [1.29, 1.82) is 0 Å². The second kappa shape index (κ2) is 12.2. The Bertz CT molecular complexity index is 1720. The summed E-state index contributed by atoms with van der Waals surface area (Å²) in [6.45, 7) is 17.3. The quantitative estimate of drug-likeness (QED) is 0.248. The van der Waals surface area contributed by atoms with Crippen molar-refractivity contribution >= 4 is 57.8 Å². The van der Waals surface area contributed by atoms with Gasteiger partial charge in [-0.15, -0.1) is 0 Å². The summed E-state index contributed by atoms with van der Waals surface area (Å²) < 4.78 is 2.11. The maximum absolute atomic E-state index is 6.71. The van der Waals surface area contributed by atoms with Gasteiger partial charge in [0.2, 0.25) is 0 Å². The largest absolute Gasteiger partial charge is 0.399 e. The Morgan fingerprint density at radius 2 is 1.86 bits per heavy atom. The minimum Gasteiger partial charge on any atom is -0.399 e. The molecule has 7 nitrogen and oxygen atoms in total. The van der Waals surface area contributed by atoms with Crippen LogP contribution in [0, 0.1) is 12.8 Å². The number of nitrogens with two attached hydrogens (primary N) is 1. The molecule has 44 heavy (non-hydrogen) atoms. The average Bonchev–Trinajstić information content (AvgIpc) is 3.77. The lowest BCUT2D eigenvalue weighted by Gasteiger charge is -2.28. The lowest BCUT2D eigenvalue weighted by Crippen LogP contribution is -2.30. The number of rotatable bonds is 9. The number of aliphatic imine (C=N–C) groups is 1. The van der Waals surface area contributed by atoms with Crippen molar-refractivity contribution in [2.24, 2.45) is 16.6 Å². The van der Waals surface area contributed by atoms with E-state index in [4.69, 9.17) is 33.9 Å². The molecule has 228 valence electrons. The first-order chi connectivity index (χ1) is 21.1. The third kappa shape index (κ3) is 6.04. The van der Waals surface area contributed by atoms with Gasteiger partial charge in [-0.1, -0.05) is 49.0 Å². The Balaban J connectivity index is 1.38. The van der Waals surface area contributed by atoms with E-state index in [-0.39, 0.29) is 0 Å². The molecule has 1 saturated carbocycles. The molecule has 9 heteroatoms. The van der Waals surface area contributed by atoms with Crippen LogP contribution in [0.15, 0.2) is 73.2 Å². The van der Waals surface area contributed by atoms with E-state index in [1.165, 1.54) is 32.1 Å². The van der Waals surface area contributed by atoms with Crippen LogP contribution in [0.2, 0.25) is 10.0 Å². The fraction of sp³-hybridized carbons (Fsp3) is 0.314. The molecule has 2 aliphatic heterocycles. The highest BCUT2D eigenvalue weighted by Crippen LogP contribution is 2.44. The smallest absolute Gasteiger partial charge is 0.145 e. The van der Waals surface area contributed by atoms with Gasteiger partial charge in [-0.3, -0.25) is 0 Å². The molecule has 1 aliphatic carbocycles. The molecule has 3 aliphatic rings. The zero-order valence-corrected chi connectivity index (χ0v) is 27.0. The lowest BCUT2D eigenvalue weighted by molar-refractivity contribution is 0.573. The molecule has 2 aromatic heterocycles. The Morgan fingerprint density at radius 3 is 2.57 bits per heavy atom. The topological polar surface area (TPSA) is 74.7 Å². The SMILES string of the molecule is C=C(Cn1cc(-c2cc(Cl)c(C)c(C(=C)N)c2)c2c1N=C(/C=C/C1CC1)N(C)C2=C)Nc1cc(N2CCCCC2)ncc1Cl. The van der Waals surface area contributed by atoms with E-state index >= 15 is 0 Å². The van der Waals surface area contributed by atoms with E-state index in [9.17, 15) is 0 Å². The number of piperidine rings is 1. The summed E-state index contributed by atoms with van der Waals surface area (Å²) in [5, 5.41) is 4.63. The highest BCUT2D eigenvalue weighted by Gasteiger charge is 2.28. The van der Waals surface area contributed by atoms with E-state index in [1.807, 2.05) is 37.1 Å². The Hall–Kier alpha value is -3.94. The third-order valence-electron chi connectivity index (χ3n) is 8.64. The molecule has 0 bridgehead atoms. The molecule has 0 atom stereocenters. The van der Waals surface area contributed by atoms with Gasteiger partial charge in [-0.25, -0.2) is 9.98 Å². The van der Waals surface area contributed by atoms with Crippen LogP contribution in [-0.4, -0.2) is 40.4 Å². The minimum absolute atomic E-state index is 0.455. The average molecular weight is 629 g/mol. The summed E-state index contributed by atoms with van der Waals surface area (Å²) >= 11 is 13.3. The highest BCUT2D eigenvalue weighted by molar-refractivity contribution is 6.33. The van der Waals surface area contributed by atoms with Crippen molar-refractivity contribution in [3.05, 3.63) is 94.9 Å². The number of hydrogen-bond donors (Lipinski definition) is 2. The molecule has 1 saturated heterocycles. The molecule has 3 N–H and O–H groups in total. The van der Waals surface area contributed by atoms with Gasteiger partial charge >= 0.3 is 0 Å². The van der Waals surface area contributed by atoms with Crippen molar-refractivity contribution in [3.8, 4) is 11.1 Å². The fourth-order valence-corrected chi connectivity index (χ4v) is 6.23. The predicted molar refractivity (Wildman–Crippen MR) is 187 cm³/mol. The summed E-state index contributed by atoms with van der Waals surface area (Å²) in [6, 6.07) is 6.02. The number of aromatic nitrogens is 2. The van der Waals surface area contributed by atoms with Crippen LogP contribution in [0.5, 0.6) is 0 Å². The molecule has 6 rings (SSSR count). The van der Waals surface area contributed by atoms with Crippen molar-refractivity contribution in [3.63, 3.8) is 0 Å². The third-order valence-corrected chi connectivity index (χ3v) is 9.34. The van der Waals surface area contributed by atoms with Crippen LogP contribution in [0.3, 0.4) is 0 Å². The van der Waals surface area contributed by atoms with Gasteiger partial charge < -0.3 is 25.4 Å². The highest BCUT2D eigenvalue weighted by atomic mass is 35.5. The first kappa shape index (κ1) is 30.1. The van der Waals surface area contributed by atoms with Crippen molar-refractivity contribution in [2.45, 2.75) is 45.6 Å². The minimum atomic E-state index is 0.455. The van der Waals surface area contributed by atoms with Gasteiger partial charge in [0.1, 0.15) is 17.5 Å². The summed E-state index contributed by atoms with van der Waals surface area (Å²) in [4.78, 5) is 14.1. The molecular formula is C35H39Cl2N7. The zero-order chi connectivity index (χ0) is 31.1. The van der Waals surface area contributed by atoms with Gasteiger partial charge in [-0.05, 0) is 74.3 Å². The van der Waals surface area contributed by atoms with Gasteiger partial charge in [0.25, 0.3) is 0 Å². The monoisotopic (exact) mass is 627 g/mol. The number of benzene rings is 1. The van der Waals surface area contributed by atoms with Crippen molar-refractivity contribution in [1.82, 2.24) is 14.5 Å². The van der Waals surface area contributed by atoms with E-state index < -0.39 is 0 Å². The number of amidine groups is 1. The molecular weight excluding hydrogens is 589 g/mol. The van der Waals surface area contributed by atoms with Crippen LogP contribution in [0.25, 0.3) is 22.5 Å². The van der Waals surface area contributed by atoms with Crippen LogP contribution < -0.4 is 16.0 Å². The Morgan fingerprint density at radius 1 is 1.11 bits per heavy atom. The Kier molecular flexibility index (Phi) is 8.36.